The van der Waals surface area contributed by atoms with Crippen molar-refractivity contribution in [2.45, 2.75) is 33.1 Å². The van der Waals surface area contributed by atoms with Gasteiger partial charge in [0.2, 0.25) is 0 Å². The molecule has 1 heterocycles. The fourth-order valence-electron chi connectivity index (χ4n) is 4.49. The molecule has 1 amide bonds. The van der Waals surface area contributed by atoms with E-state index < -0.39 is 15.9 Å². The van der Waals surface area contributed by atoms with Crippen LogP contribution in [0, 0.1) is 0 Å². The highest BCUT2D eigenvalue weighted by Crippen LogP contribution is 2.38. The Kier molecular flexibility index (Phi) is 10.6. The van der Waals surface area contributed by atoms with E-state index in [1.165, 1.54) is 24.6 Å². The van der Waals surface area contributed by atoms with Gasteiger partial charge in [-0.05, 0) is 53.5 Å². The minimum atomic E-state index is -4.43. The van der Waals surface area contributed by atoms with Crippen molar-refractivity contribution in [1.82, 2.24) is 4.90 Å². The summed E-state index contributed by atoms with van der Waals surface area (Å²) in [7, 11) is -1.61. The van der Waals surface area contributed by atoms with Crippen LogP contribution in [0.2, 0.25) is 0 Å². The van der Waals surface area contributed by atoms with Gasteiger partial charge < -0.3 is 18.9 Å². The molecule has 0 fully saturated rings. The number of hydrogen-bond acceptors (Lipinski definition) is 7. The van der Waals surface area contributed by atoms with Crippen molar-refractivity contribution < 1.29 is 32.0 Å². The number of rotatable bonds is 9. The lowest BCUT2D eigenvalue weighted by molar-refractivity contribution is -0.126. The van der Waals surface area contributed by atoms with Crippen LogP contribution in [0.3, 0.4) is 0 Å². The molecule has 0 bridgehead atoms. The molecule has 9 heteroatoms. The number of methoxy groups -OCH3 is 1. The maximum absolute atomic E-state index is 13.4. The second-order valence-corrected chi connectivity index (χ2v) is 10.8. The van der Waals surface area contributed by atoms with E-state index in [9.17, 15) is 17.8 Å². The molecule has 4 rings (SSSR count). The second kappa shape index (κ2) is 13.9. The number of amides is 1. The molecule has 0 radical (unpaired) electrons. The number of hydrogen-bond donors (Lipinski definition) is 0. The number of ether oxygens (including phenoxy) is 2. The standard InChI is InChI=1S/C29H31NO5S.C2H4O2/c1-4-8-20-12-14-24-26(18-20)35-27-19-21(9-5-2)13-15-25(27)28(24)22-10-6-7-11-23(22)29(31)30(3)16-17-36(32,33)34;1-4-2-3/h6-8,10-15,18-19H,4-5,9,16-17H2,1-3H3,(H,32,33,34);2H,1H3/p-1/b20-8+;. The third-order valence-electron chi connectivity index (χ3n) is 6.34. The molecule has 0 saturated carbocycles. The van der Waals surface area contributed by atoms with Gasteiger partial charge in [-0.1, -0.05) is 62.7 Å². The van der Waals surface area contributed by atoms with Crippen molar-refractivity contribution in [2.75, 3.05) is 26.5 Å². The first-order chi connectivity index (χ1) is 19.1. The van der Waals surface area contributed by atoms with E-state index in [-0.39, 0.29) is 12.5 Å². The van der Waals surface area contributed by atoms with Gasteiger partial charge >= 0.3 is 0 Å². The van der Waals surface area contributed by atoms with Crippen LogP contribution < -0.4 is 15.2 Å². The lowest BCUT2D eigenvalue weighted by atomic mass is 9.88. The van der Waals surface area contributed by atoms with Gasteiger partial charge in [-0.15, -0.1) is 0 Å². The van der Waals surface area contributed by atoms with Crippen LogP contribution in [0.25, 0.3) is 11.6 Å². The SMILES string of the molecule is CC/C=c1\ccc2c(c1)Oc1cc(CCC)ccc1C=2c1ccccc1C(=O)N(C)CCS(=O)(=O)[O-].COC=O. The van der Waals surface area contributed by atoms with Crippen molar-refractivity contribution in [3.8, 4) is 11.5 Å². The lowest BCUT2D eigenvalue weighted by Crippen LogP contribution is -2.32. The Morgan fingerprint density at radius 2 is 1.75 bits per heavy atom. The molecule has 3 aromatic carbocycles. The number of fused-ring (bicyclic) bond motifs is 2. The van der Waals surface area contributed by atoms with Gasteiger partial charge in [-0.25, -0.2) is 8.42 Å². The summed E-state index contributed by atoms with van der Waals surface area (Å²) in [6.45, 7) is 4.41. The van der Waals surface area contributed by atoms with Crippen molar-refractivity contribution >= 4 is 34.1 Å². The maximum atomic E-state index is 13.4. The molecule has 1 aliphatic heterocycles. The predicted octanol–water partition coefficient (Wildman–Crippen LogP) is 3.59. The highest BCUT2D eigenvalue weighted by molar-refractivity contribution is 7.85. The summed E-state index contributed by atoms with van der Waals surface area (Å²) in [5.41, 5.74) is 4.10. The van der Waals surface area contributed by atoms with Crippen LogP contribution >= 0.6 is 0 Å². The van der Waals surface area contributed by atoms with Gasteiger partial charge in [-0.2, -0.15) is 0 Å². The van der Waals surface area contributed by atoms with Crippen LogP contribution in [-0.4, -0.2) is 56.7 Å². The molecule has 212 valence electrons. The average molecular weight is 565 g/mol. The summed E-state index contributed by atoms with van der Waals surface area (Å²) in [6.07, 6.45) is 4.98. The minimum absolute atomic E-state index is 0.179. The molecule has 1 aliphatic rings. The molecule has 0 aliphatic carbocycles. The monoisotopic (exact) mass is 564 g/mol. The maximum Gasteiger partial charge on any atom is 0.292 e. The van der Waals surface area contributed by atoms with Gasteiger partial charge in [-0.3, -0.25) is 9.59 Å². The highest BCUT2D eigenvalue weighted by Gasteiger charge is 2.25. The number of carbonyl (C=O) groups is 2. The van der Waals surface area contributed by atoms with Crippen molar-refractivity contribution in [2.24, 2.45) is 0 Å². The first-order valence-corrected chi connectivity index (χ1v) is 14.6. The summed E-state index contributed by atoms with van der Waals surface area (Å²) in [5, 5.41) is 1.94. The Labute approximate surface area is 235 Å². The first-order valence-electron chi connectivity index (χ1n) is 13.0. The smallest absolute Gasteiger partial charge is 0.292 e. The van der Waals surface area contributed by atoms with Crippen LogP contribution in [0.4, 0.5) is 0 Å². The third kappa shape index (κ3) is 7.58. The predicted molar refractivity (Wildman–Crippen MR) is 154 cm³/mol. The average Bonchev–Trinajstić information content (AvgIpc) is 2.94. The molecule has 40 heavy (non-hydrogen) atoms. The van der Waals surface area contributed by atoms with Crippen LogP contribution in [-0.2, 0) is 26.1 Å². The summed E-state index contributed by atoms with van der Waals surface area (Å²) in [5.74, 6) is 0.478. The van der Waals surface area contributed by atoms with Crippen molar-refractivity contribution in [3.05, 3.63) is 93.4 Å². The van der Waals surface area contributed by atoms with Gasteiger partial charge in [0.05, 0.1) is 23.0 Å². The van der Waals surface area contributed by atoms with E-state index in [1.54, 1.807) is 12.1 Å². The fourth-order valence-corrected chi connectivity index (χ4v) is 4.99. The number of nitrogens with zero attached hydrogens (tertiary/aromatic N) is 1. The van der Waals surface area contributed by atoms with Crippen LogP contribution in [0.5, 0.6) is 11.5 Å². The summed E-state index contributed by atoms with van der Waals surface area (Å²) in [6, 6.07) is 19.5. The molecule has 8 nitrogen and oxygen atoms in total. The normalized spacial score (nSPS) is 12.3. The molecular weight excluding hydrogens is 530 g/mol. The second-order valence-electron chi connectivity index (χ2n) is 9.29. The topological polar surface area (TPSA) is 113 Å². The highest BCUT2D eigenvalue weighted by atomic mass is 32.2. The van der Waals surface area contributed by atoms with E-state index in [4.69, 9.17) is 9.53 Å². The third-order valence-corrected chi connectivity index (χ3v) is 7.02. The van der Waals surface area contributed by atoms with E-state index in [0.29, 0.717) is 12.0 Å². The Morgan fingerprint density at radius 3 is 2.40 bits per heavy atom. The molecule has 0 aromatic heterocycles. The van der Waals surface area contributed by atoms with E-state index in [2.05, 4.69) is 36.8 Å². The summed E-state index contributed by atoms with van der Waals surface area (Å²) >= 11 is 0. The van der Waals surface area contributed by atoms with Crippen molar-refractivity contribution in [1.29, 1.82) is 0 Å². The molecule has 0 unspecified atom stereocenters. The Hall–Kier alpha value is -3.95. The number of aryl methyl sites for hydroxylation is 1. The Morgan fingerprint density at radius 1 is 1.02 bits per heavy atom. The zero-order chi connectivity index (χ0) is 29.3. The Bertz CT molecular complexity index is 1600. The molecular formula is C31H34NO7S-. The van der Waals surface area contributed by atoms with Crippen molar-refractivity contribution in [3.63, 3.8) is 0 Å². The largest absolute Gasteiger partial charge is 0.748 e. The number of benzene rings is 3. The zero-order valence-corrected chi connectivity index (χ0v) is 24.0. The van der Waals surface area contributed by atoms with Crippen LogP contribution in [0.15, 0.2) is 60.7 Å². The van der Waals surface area contributed by atoms with E-state index in [1.807, 2.05) is 36.4 Å². The quantitative estimate of drug-likeness (QED) is 0.226. The molecule has 0 N–H and O–H groups in total. The summed E-state index contributed by atoms with van der Waals surface area (Å²) in [4.78, 5) is 23.6. The fraction of sp³-hybridized carbons (Fsp3) is 0.290. The lowest BCUT2D eigenvalue weighted by Gasteiger charge is -2.25. The van der Waals surface area contributed by atoms with Gasteiger partial charge in [0.15, 0.2) is 0 Å². The first kappa shape index (κ1) is 30.6. The molecule has 0 saturated heterocycles. The Balaban J connectivity index is 0.00000103. The van der Waals surface area contributed by atoms with Crippen LogP contribution in [0.1, 0.15) is 53.7 Å². The molecule has 0 spiro atoms. The van der Waals surface area contributed by atoms with Gasteiger partial charge in [0.25, 0.3) is 12.4 Å². The summed E-state index contributed by atoms with van der Waals surface area (Å²) < 4.78 is 43.6. The molecule has 0 atom stereocenters. The number of carbonyl (C=O) groups excluding carboxylic acids is 2. The van der Waals surface area contributed by atoms with E-state index in [0.717, 1.165) is 57.9 Å². The van der Waals surface area contributed by atoms with Gasteiger partial charge in [0.1, 0.15) is 11.5 Å². The van der Waals surface area contributed by atoms with Gasteiger partial charge in [0, 0.05) is 35.5 Å². The minimum Gasteiger partial charge on any atom is -0.748 e. The zero-order valence-electron chi connectivity index (χ0n) is 23.2. The van der Waals surface area contributed by atoms with E-state index >= 15 is 0 Å². The molecule has 3 aromatic rings.